The Balaban J connectivity index is 1.35. The van der Waals surface area contributed by atoms with E-state index in [1.807, 2.05) is 42.9 Å². The minimum Gasteiger partial charge on any atom is -0.490 e. The molecule has 8 heteroatoms. The molecule has 0 atom stereocenters. The first kappa shape index (κ1) is 21.4. The summed E-state index contributed by atoms with van der Waals surface area (Å²) in [5.74, 6) is 0.0893. The molecule has 2 saturated carbocycles. The Hall–Kier alpha value is -3.13. The number of amides is 1. The van der Waals surface area contributed by atoms with Crippen LogP contribution in [-0.2, 0) is 10.3 Å². The van der Waals surface area contributed by atoms with Crippen molar-refractivity contribution in [2.45, 2.75) is 76.2 Å². The van der Waals surface area contributed by atoms with Crippen LogP contribution in [0.4, 0.5) is 5.69 Å². The summed E-state index contributed by atoms with van der Waals surface area (Å²) in [7, 11) is 0. The Morgan fingerprint density at radius 3 is 2.74 bits per heavy atom. The smallest absolute Gasteiger partial charge is 0.274 e. The fraction of sp³-hybridized carbons (Fsp3) is 0.500. The Bertz CT molecular complexity index is 1340. The number of rotatable bonds is 6. The molecule has 1 N–H and O–H groups in total. The zero-order valence-corrected chi connectivity index (χ0v) is 19.8. The van der Waals surface area contributed by atoms with E-state index in [0.717, 1.165) is 43.0 Å². The molecule has 4 fully saturated rings. The van der Waals surface area contributed by atoms with E-state index < -0.39 is 0 Å². The largest absolute Gasteiger partial charge is 0.490 e. The first-order valence-corrected chi connectivity index (χ1v) is 12.1. The summed E-state index contributed by atoms with van der Waals surface area (Å²) < 4.78 is 15.7. The molecule has 4 heterocycles. The van der Waals surface area contributed by atoms with Crippen LogP contribution in [-0.4, -0.2) is 38.6 Å². The average molecular weight is 463 g/mol. The van der Waals surface area contributed by atoms with Gasteiger partial charge in [0.1, 0.15) is 11.4 Å². The summed E-state index contributed by atoms with van der Waals surface area (Å²) in [4.78, 5) is 26.3. The van der Waals surface area contributed by atoms with Gasteiger partial charge < -0.3 is 19.4 Å². The van der Waals surface area contributed by atoms with Crippen molar-refractivity contribution in [2.75, 3.05) is 11.9 Å². The second-order valence-electron chi connectivity index (χ2n) is 10.6. The van der Waals surface area contributed by atoms with Crippen molar-refractivity contribution in [1.29, 1.82) is 0 Å². The number of hydrogen-bond acceptors (Lipinski definition) is 5. The van der Waals surface area contributed by atoms with Gasteiger partial charge in [0, 0.05) is 42.7 Å². The Morgan fingerprint density at radius 1 is 1.29 bits per heavy atom. The van der Waals surface area contributed by atoms with Gasteiger partial charge in [-0.1, -0.05) is 0 Å². The molecule has 2 aromatic heterocycles. The van der Waals surface area contributed by atoms with Gasteiger partial charge in [-0.05, 0) is 58.2 Å². The Kier molecular flexibility index (Phi) is 4.68. The summed E-state index contributed by atoms with van der Waals surface area (Å²) in [5, 5.41) is 8.51. The molecule has 1 aromatic carbocycles. The lowest BCUT2D eigenvalue weighted by atomic mass is 9.69. The number of ether oxygens (including phenoxy) is 2. The molecule has 2 bridgehead atoms. The topological polar surface area (TPSA) is 87.4 Å². The fourth-order valence-electron chi connectivity index (χ4n) is 5.65. The van der Waals surface area contributed by atoms with Crippen LogP contribution in [0.25, 0.3) is 10.9 Å². The summed E-state index contributed by atoms with van der Waals surface area (Å²) in [6.45, 7) is 6.63. The number of nitrogens with one attached hydrogen (secondary N) is 1. The molecule has 4 aliphatic rings. The molecule has 7 rings (SSSR count). The molecule has 34 heavy (non-hydrogen) atoms. The SMILES string of the molecule is CC(C)Oc1cc2nn(C34COC(C)(C3)C4)cc2cc1C(=O)Nc1cccn(C2CCC2)c1=O. The van der Waals surface area contributed by atoms with Crippen molar-refractivity contribution < 1.29 is 14.3 Å². The van der Waals surface area contributed by atoms with Crippen molar-refractivity contribution in [3.63, 3.8) is 0 Å². The number of fused-ring (bicyclic) bond motifs is 2. The van der Waals surface area contributed by atoms with Gasteiger partial charge >= 0.3 is 0 Å². The number of nitrogens with zero attached hydrogens (tertiary/aromatic N) is 3. The van der Waals surface area contributed by atoms with Gasteiger partial charge in [0.15, 0.2) is 0 Å². The van der Waals surface area contributed by atoms with Crippen LogP contribution < -0.4 is 15.6 Å². The molecule has 0 radical (unpaired) electrons. The molecule has 3 aromatic rings. The van der Waals surface area contributed by atoms with Gasteiger partial charge in [-0.15, -0.1) is 0 Å². The molecule has 2 aliphatic carbocycles. The predicted octanol–water partition coefficient (Wildman–Crippen LogP) is 4.24. The number of pyridine rings is 1. The van der Waals surface area contributed by atoms with Gasteiger partial charge in [-0.2, -0.15) is 5.10 Å². The van der Waals surface area contributed by atoms with E-state index in [1.165, 1.54) is 0 Å². The number of carbonyl (C=O) groups excluding carboxylic acids is 1. The van der Waals surface area contributed by atoms with Crippen LogP contribution in [0.1, 0.15) is 69.3 Å². The highest BCUT2D eigenvalue weighted by Gasteiger charge is 2.61. The Morgan fingerprint density at radius 2 is 2.09 bits per heavy atom. The highest BCUT2D eigenvalue weighted by Crippen LogP contribution is 2.55. The molecule has 0 spiro atoms. The number of anilines is 1. The van der Waals surface area contributed by atoms with Crippen molar-refractivity contribution in [1.82, 2.24) is 14.3 Å². The first-order valence-electron chi connectivity index (χ1n) is 12.1. The van der Waals surface area contributed by atoms with Crippen molar-refractivity contribution in [3.8, 4) is 5.75 Å². The summed E-state index contributed by atoms with van der Waals surface area (Å²) in [6, 6.07) is 7.32. The van der Waals surface area contributed by atoms with E-state index in [4.69, 9.17) is 14.6 Å². The average Bonchev–Trinajstić information content (AvgIpc) is 3.39. The van der Waals surface area contributed by atoms with Crippen LogP contribution in [0, 0.1) is 0 Å². The minimum absolute atomic E-state index is 0.0445. The maximum Gasteiger partial charge on any atom is 0.274 e. The van der Waals surface area contributed by atoms with Crippen LogP contribution in [0.15, 0.2) is 41.5 Å². The maximum atomic E-state index is 13.4. The first-order chi connectivity index (χ1) is 16.3. The number of carbonyl (C=O) groups is 1. The quantitative estimate of drug-likeness (QED) is 0.592. The fourth-order valence-corrected chi connectivity index (χ4v) is 5.65. The van der Waals surface area contributed by atoms with Crippen LogP contribution in [0.5, 0.6) is 5.75 Å². The van der Waals surface area contributed by atoms with Crippen LogP contribution in [0.3, 0.4) is 0 Å². The number of benzene rings is 1. The van der Waals surface area contributed by atoms with E-state index in [2.05, 4.69) is 12.2 Å². The zero-order chi connectivity index (χ0) is 23.7. The second kappa shape index (κ2) is 7.43. The van der Waals surface area contributed by atoms with E-state index in [1.54, 1.807) is 16.8 Å². The second-order valence-corrected chi connectivity index (χ2v) is 10.6. The Labute approximate surface area is 197 Å². The maximum absolute atomic E-state index is 13.4. The van der Waals surface area contributed by atoms with E-state index >= 15 is 0 Å². The van der Waals surface area contributed by atoms with Crippen molar-refractivity contribution in [2.24, 2.45) is 0 Å². The van der Waals surface area contributed by atoms with E-state index in [9.17, 15) is 9.59 Å². The monoisotopic (exact) mass is 462 g/mol. The highest BCUT2D eigenvalue weighted by molar-refractivity contribution is 6.08. The molecule has 2 saturated heterocycles. The summed E-state index contributed by atoms with van der Waals surface area (Å²) in [6.07, 6.45) is 8.68. The van der Waals surface area contributed by atoms with Gasteiger partial charge in [-0.25, -0.2) is 0 Å². The van der Waals surface area contributed by atoms with Gasteiger partial charge in [0.25, 0.3) is 11.5 Å². The lowest BCUT2D eigenvalue weighted by Crippen LogP contribution is -2.49. The third-order valence-corrected chi connectivity index (χ3v) is 7.49. The summed E-state index contributed by atoms with van der Waals surface area (Å²) in [5.41, 5.74) is 1.12. The molecule has 178 valence electrons. The predicted molar refractivity (Wildman–Crippen MR) is 129 cm³/mol. The third-order valence-electron chi connectivity index (χ3n) is 7.49. The normalized spacial score (nSPS) is 25.9. The van der Waals surface area contributed by atoms with Crippen LogP contribution >= 0.6 is 0 Å². The van der Waals surface area contributed by atoms with E-state index in [-0.39, 0.29) is 40.4 Å². The van der Waals surface area contributed by atoms with Crippen molar-refractivity contribution in [3.05, 3.63) is 52.6 Å². The van der Waals surface area contributed by atoms with Gasteiger partial charge in [-0.3, -0.25) is 14.3 Å². The van der Waals surface area contributed by atoms with Crippen molar-refractivity contribution >= 4 is 22.5 Å². The molecule has 0 unspecified atom stereocenters. The molecule has 1 amide bonds. The lowest BCUT2D eigenvalue weighted by molar-refractivity contribution is 0.00383. The van der Waals surface area contributed by atoms with Gasteiger partial charge in [0.05, 0.1) is 34.9 Å². The lowest BCUT2D eigenvalue weighted by Gasteiger charge is -2.42. The van der Waals surface area contributed by atoms with E-state index in [0.29, 0.717) is 17.9 Å². The zero-order valence-electron chi connectivity index (χ0n) is 19.8. The number of aromatic nitrogens is 3. The highest BCUT2D eigenvalue weighted by atomic mass is 16.5. The minimum atomic E-state index is -0.368. The number of hydrogen-bond donors (Lipinski definition) is 1. The van der Waals surface area contributed by atoms with Gasteiger partial charge in [0.2, 0.25) is 0 Å². The molecule has 2 aliphatic heterocycles. The third kappa shape index (κ3) is 3.35. The molecule has 8 nitrogen and oxygen atoms in total. The summed E-state index contributed by atoms with van der Waals surface area (Å²) >= 11 is 0. The molecular formula is C26H30N4O4. The van der Waals surface area contributed by atoms with Crippen LogP contribution in [0.2, 0.25) is 0 Å². The molecular weight excluding hydrogens is 432 g/mol. The standard InChI is InChI=1S/C26H30N4O4/c1-16(2)34-22-11-21-17(12-30(28-21)26-13-25(3,14-26)33-15-26)10-19(22)23(31)27-20-8-5-9-29(24(20)32)18-6-4-7-18/h5,8-12,16,18H,4,6-7,13-15H2,1-3H3,(H,27,31).